The molecule has 3 rings (SSSR count). The average Bonchev–Trinajstić information content (AvgIpc) is 2.96. The molecular formula is C17H22N3O. The average molecular weight is 284 g/mol. The molecule has 4 heteroatoms. The fourth-order valence-corrected chi connectivity index (χ4v) is 2.95. The molecule has 21 heavy (non-hydrogen) atoms. The Balaban J connectivity index is 1.48. The Hall–Kier alpha value is -1.65. The number of H-pyrrole nitrogens is 1. The third-order valence-electron chi connectivity index (χ3n) is 4.15. The topological polar surface area (TPSA) is 48.1 Å². The van der Waals surface area contributed by atoms with E-state index in [0.717, 1.165) is 29.6 Å². The number of Topliss-reactive ketones (excluding diaryl/α,β-unsaturated/α-hetero) is 1. The number of piperidine rings is 1. The molecule has 0 atom stereocenters. The maximum atomic E-state index is 12.3. The molecule has 111 valence electrons. The van der Waals surface area contributed by atoms with Crippen molar-refractivity contribution in [3.63, 3.8) is 0 Å². The zero-order valence-electron chi connectivity index (χ0n) is 12.3. The largest absolute Gasteiger partial charge is 0.360 e. The van der Waals surface area contributed by atoms with Gasteiger partial charge in [0.25, 0.3) is 0 Å². The number of nitrogens with one attached hydrogen (secondary N) is 2. The molecule has 1 aromatic carbocycles. The first kappa shape index (κ1) is 14.3. The standard InChI is InChI=1S/C17H22N3O/c21-17(13-18-8-11-20-9-4-1-5-10-20)15-12-19-16-7-3-2-6-14(15)16/h2-3,6,12,18-19H,1,4-5,8-11,13H2. The highest BCUT2D eigenvalue weighted by Gasteiger charge is 2.12. The highest BCUT2D eigenvalue weighted by molar-refractivity contribution is 6.08. The monoisotopic (exact) mass is 284 g/mol. The van der Waals surface area contributed by atoms with Gasteiger partial charge in [-0.25, -0.2) is 0 Å². The van der Waals surface area contributed by atoms with E-state index in [2.05, 4.69) is 21.3 Å². The number of carbonyl (C=O) groups is 1. The Bertz CT molecular complexity index is 599. The van der Waals surface area contributed by atoms with E-state index < -0.39 is 0 Å². The summed E-state index contributed by atoms with van der Waals surface area (Å²) in [4.78, 5) is 17.8. The van der Waals surface area contributed by atoms with Gasteiger partial charge in [0.15, 0.2) is 5.78 Å². The van der Waals surface area contributed by atoms with Crippen LogP contribution in [-0.4, -0.2) is 48.4 Å². The Labute approximate surface area is 125 Å². The summed E-state index contributed by atoms with van der Waals surface area (Å²) < 4.78 is 0. The summed E-state index contributed by atoms with van der Waals surface area (Å²) in [5.74, 6) is 0.138. The number of ketones is 1. The van der Waals surface area contributed by atoms with E-state index in [1.165, 1.54) is 32.4 Å². The van der Waals surface area contributed by atoms with Crippen LogP contribution in [0.3, 0.4) is 0 Å². The van der Waals surface area contributed by atoms with Crippen molar-refractivity contribution in [3.05, 3.63) is 36.0 Å². The van der Waals surface area contributed by atoms with Gasteiger partial charge >= 0.3 is 0 Å². The molecule has 1 saturated heterocycles. The zero-order chi connectivity index (χ0) is 14.5. The summed E-state index contributed by atoms with van der Waals surface area (Å²) in [6.07, 6.45) is 5.77. The second kappa shape index (κ2) is 6.87. The maximum Gasteiger partial charge on any atom is 0.178 e. The minimum Gasteiger partial charge on any atom is -0.360 e. The van der Waals surface area contributed by atoms with Crippen LogP contribution in [0.4, 0.5) is 0 Å². The van der Waals surface area contributed by atoms with E-state index in [-0.39, 0.29) is 5.78 Å². The molecule has 0 spiro atoms. The van der Waals surface area contributed by atoms with E-state index in [4.69, 9.17) is 0 Å². The molecule has 0 amide bonds. The second-order valence-corrected chi connectivity index (χ2v) is 5.66. The van der Waals surface area contributed by atoms with Gasteiger partial charge < -0.3 is 15.2 Å². The number of hydrogen-bond acceptors (Lipinski definition) is 3. The molecule has 4 nitrogen and oxygen atoms in total. The maximum absolute atomic E-state index is 12.3. The summed E-state index contributed by atoms with van der Waals surface area (Å²) >= 11 is 0. The number of fused-ring (bicyclic) bond motifs is 1. The number of para-hydroxylation sites is 1. The van der Waals surface area contributed by atoms with Gasteiger partial charge in [0, 0.05) is 36.3 Å². The summed E-state index contributed by atoms with van der Waals surface area (Å²) in [6, 6.07) is 8.83. The predicted octanol–water partition coefficient (Wildman–Crippen LogP) is 2.23. The van der Waals surface area contributed by atoms with E-state index in [1.54, 1.807) is 6.20 Å². The minimum absolute atomic E-state index is 0.138. The molecule has 1 aliphatic rings. The van der Waals surface area contributed by atoms with Crippen molar-refractivity contribution < 1.29 is 4.79 Å². The van der Waals surface area contributed by atoms with Crippen molar-refractivity contribution in [2.75, 3.05) is 32.7 Å². The first-order chi connectivity index (χ1) is 10.3. The van der Waals surface area contributed by atoms with Gasteiger partial charge in [-0.2, -0.15) is 0 Å². The predicted molar refractivity (Wildman–Crippen MR) is 84.6 cm³/mol. The van der Waals surface area contributed by atoms with Gasteiger partial charge in [0.05, 0.1) is 12.1 Å². The fourth-order valence-electron chi connectivity index (χ4n) is 2.95. The number of hydrogen-bond donors (Lipinski definition) is 2. The van der Waals surface area contributed by atoms with Crippen LogP contribution in [0, 0.1) is 6.07 Å². The van der Waals surface area contributed by atoms with Crippen LogP contribution in [0.15, 0.2) is 24.4 Å². The summed E-state index contributed by atoms with van der Waals surface area (Å²) in [5, 5.41) is 4.23. The molecule has 1 aliphatic heterocycles. The quantitative estimate of drug-likeness (QED) is 0.632. The molecule has 0 unspecified atom stereocenters. The molecule has 1 radical (unpaired) electrons. The van der Waals surface area contributed by atoms with Gasteiger partial charge in [0.2, 0.25) is 0 Å². The SMILES string of the molecule is O=C(CNCCN1CCCCC1)c1c[nH]c2[c]cccc12. The van der Waals surface area contributed by atoms with Crippen molar-refractivity contribution >= 4 is 16.7 Å². The zero-order valence-corrected chi connectivity index (χ0v) is 12.3. The smallest absolute Gasteiger partial charge is 0.178 e. The molecule has 2 heterocycles. The molecule has 1 aromatic heterocycles. The van der Waals surface area contributed by atoms with Crippen molar-refractivity contribution in [1.29, 1.82) is 0 Å². The van der Waals surface area contributed by atoms with E-state index >= 15 is 0 Å². The van der Waals surface area contributed by atoms with E-state index in [9.17, 15) is 4.79 Å². The van der Waals surface area contributed by atoms with Crippen LogP contribution in [0.25, 0.3) is 10.9 Å². The Morgan fingerprint density at radius 2 is 2.19 bits per heavy atom. The third-order valence-corrected chi connectivity index (χ3v) is 4.15. The number of aromatic amines is 1. The van der Waals surface area contributed by atoms with Crippen LogP contribution in [0.5, 0.6) is 0 Å². The molecule has 0 bridgehead atoms. The van der Waals surface area contributed by atoms with Gasteiger partial charge in [-0.3, -0.25) is 4.79 Å². The second-order valence-electron chi connectivity index (χ2n) is 5.66. The Morgan fingerprint density at radius 3 is 3.05 bits per heavy atom. The van der Waals surface area contributed by atoms with Crippen LogP contribution in [0.2, 0.25) is 0 Å². The number of aromatic nitrogens is 1. The van der Waals surface area contributed by atoms with Crippen LogP contribution < -0.4 is 5.32 Å². The fraction of sp³-hybridized carbons (Fsp3) is 0.471. The lowest BCUT2D eigenvalue weighted by molar-refractivity contribution is 0.0991. The number of likely N-dealkylation sites (tertiary alicyclic amines) is 1. The minimum atomic E-state index is 0.138. The van der Waals surface area contributed by atoms with Crippen LogP contribution in [0.1, 0.15) is 29.6 Å². The summed E-state index contributed by atoms with van der Waals surface area (Å²) in [6.45, 7) is 4.71. The first-order valence-corrected chi connectivity index (χ1v) is 7.78. The van der Waals surface area contributed by atoms with Gasteiger partial charge in [-0.1, -0.05) is 24.6 Å². The van der Waals surface area contributed by atoms with E-state index in [0.29, 0.717) is 6.54 Å². The van der Waals surface area contributed by atoms with Crippen LogP contribution in [-0.2, 0) is 0 Å². The lowest BCUT2D eigenvalue weighted by Crippen LogP contribution is -2.37. The lowest BCUT2D eigenvalue weighted by Gasteiger charge is -2.26. The van der Waals surface area contributed by atoms with Crippen molar-refractivity contribution in [2.45, 2.75) is 19.3 Å². The number of benzene rings is 1. The van der Waals surface area contributed by atoms with Gasteiger partial charge in [-0.15, -0.1) is 0 Å². The molecule has 0 saturated carbocycles. The molecule has 0 aliphatic carbocycles. The Kier molecular flexibility index (Phi) is 4.68. The normalized spacial score (nSPS) is 16.4. The molecule has 2 N–H and O–H groups in total. The number of carbonyl (C=O) groups excluding carboxylic acids is 1. The van der Waals surface area contributed by atoms with Crippen molar-refractivity contribution in [3.8, 4) is 0 Å². The number of nitrogens with zero attached hydrogens (tertiary/aromatic N) is 1. The Morgan fingerprint density at radius 1 is 1.33 bits per heavy atom. The number of rotatable bonds is 6. The molecule has 2 aromatic rings. The van der Waals surface area contributed by atoms with Crippen molar-refractivity contribution in [1.82, 2.24) is 15.2 Å². The molecular weight excluding hydrogens is 262 g/mol. The summed E-state index contributed by atoms with van der Waals surface area (Å²) in [7, 11) is 0. The van der Waals surface area contributed by atoms with Crippen LogP contribution >= 0.6 is 0 Å². The molecule has 1 fully saturated rings. The third kappa shape index (κ3) is 3.52. The summed E-state index contributed by atoms with van der Waals surface area (Å²) in [5.41, 5.74) is 1.65. The van der Waals surface area contributed by atoms with Gasteiger partial charge in [-0.05, 0) is 25.9 Å². The van der Waals surface area contributed by atoms with Gasteiger partial charge in [0.1, 0.15) is 0 Å². The highest BCUT2D eigenvalue weighted by atomic mass is 16.1. The highest BCUT2D eigenvalue weighted by Crippen LogP contribution is 2.17. The van der Waals surface area contributed by atoms with E-state index in [1.807, 2.05) is 18.2 Å². The lowest BCUT2D eigenvalue weighted by atomic mass is 10.1. The first-order valence-electron chi connectivity index (χ1n) is 7.78. The van der Waals surface area contributed by atoms with Crippen molar-refractivity contribution in [2.24, 2.45) is 0 Å².